The van der Waals surface area contributed by atoms with Gasteiger partial charge in [-0.2, -0.15) is 8.42 Å². The molecule has 0 bridgehead atoms. The first-order chi connectivity index (χ1) is 8.90. The zero-order chi connectivity index (χ0) is 14.0. The molecule has 0 atom stereocenters. The van der Waals surface area contributed by atoms with E-state index in [0.717, 1.165) is 6.07 Å². The van der Waals surface area contributed by atoms with Gasteiger partial charge in [0.2, 0.25) is 0 Å². The zero-order valence-electron chi connectivity index (χ0n) is 9.79. The molecule has 0 aliphatic rings. The molecule has 0 aliphatic carbocycles. The average molecular weight is 284 g/mol. The second kappa shape index (κ2) is 4.85. The van der Waals surface area contributed by atoms with Gasteiger partial charge in [0.25, 0.3) is 0 Å². The number of ether oxygens (including phenoxy) is 1. The minimum Gasteiger partial charge on any atom is -0.465 e. The van der Waals surface area contributed by atoms with Crippen molar-refractivity contribution in [2.24, 2.45) is 0 Å². The number of hydrogen-bond donors (Lipinski definition) is 0. The molecule has 0 heterocycles. The van der Waals surface area contributed by atoms with E-state index in [1.54, 1.807) is 24.3 Å². The SMILES string of the molecule is COC(=O)c1cc(OS(=O)(=O)F)c2ccccc2c1. The Morgan fingerprint density at radius 1 is 1.21 bits per heavy atom. The summed E-state index contributed by atoms with van der Waals surface area (Å²) >= 11 is 0. The fourth-order valence-corrected chi connectivity index (χ4v) is 2.04. The molecule has 100 valence electrons. The van der Waals surface area contributed by atoms with Crippen LogP contribution in [0.4, 0.5) is 3.89 Å². The van der Waals surface area contributed by atoms with Crippen molar-refractivity contribution in [1.29, 1.82) is 0 Å². The number of esters is 1. The van der Waals surface area contributed by atoms with Crippen molar-refractivity contribution in [3.63, 3.8) is 0 Å². The topological polar surface area (TPSA) is 69.7 Å². The van der Waals surface area contributed by atoms with E-state index in [2.05, 4.69) is 8.92 Å². The van der Waals surface area contributed by atoms with E-state index >= 15 is 0 Å². The van der Waals surface area contributed by atoms with E-state index in [0.29, 0.717) is 10.8 Å². The third-order valence-corrected chi connectivity index (χ3v) is 2.81. The van der Waals surface area contributed by atoms with Crippen LogP contribution in [0.3, 0.4) is 0 Å². The standard InChI is InChI=1S/C12H9FO5S/c1-17-12(14)9-6-8-4-2-3-5-10(8)11(7-9)18-19(13,15)16/h2-7H,1H3. The van der Waals surface area contributed by atoms with Crippen LogP contribution in [0.25, 0.3) is 10.8 Å². The van der Waals surface area contributed by atoms with Crippen LogP contribution < -0.4 is 4.18 Å². The Bertz CT molecular complexity index is 739. The molecule has 0 aliphatic heterocycles. The maximum atomic E-state index is 12.7. The summed E-state index contributed by atoms with van der Waals surface area (Å²) in [4.78, 5) is 11.5. The van der Waals surface area contributed by atoms with Gasteiger partial charge in [0.05, 0.1) is 12.7 Å². The first-order valence-electron chi connectivity index (χ1n) is 5.16. The molecule has 2 rings (SSSR count). The highest BCUT2D eigenvalue weighted by Gasteiger charge is 2.16. The Morgan fingerprint density at radius 2 is 1.89 bits per heavy atom. The van der Waals surface area contributed by atoms with Gasteiger partial charge < -0.3 is 8.92 Å². The van der Waals surface area contributed by atoms with E-state index in [1.165, 1.54) is 13.2 Å². The Kier molecular flexibility index (Phi) is 3.39. The van der Waals surface area contributed by atoms with Crippen molar-refractivity contribution in [2.45, 2.75) is 0 Å². The van der Waals surface area contributed by atoms with Gasteiger partial charge in [-0.25, -0.2) is 4.79 Å². The summed E-state index contributed by atoms with van der Waals surface area (Å²) in [6.45, 7) is 0. The maximum Gasteiger partial charge on any atom is 0.488 e. The second-order valence-corrected chi connectivity index (χ2v) is 4.62. The van der Waals surface area contributed by atoms with Gasteiger partial charge in [0, 0.05) is 5.39 Å². The minimum absolute atomic E-state index is 0.0693. The molecule has 0 fully saturated rings. The molecular weight excluding hydrogens is 275 g/mol. The lowest BCUT2D eigenvalue weighted by Crippen LogP contribution is -2.05. The lowest BCUT2D eigenvalue weighted by molar-refractivity contribution is 0.0600. The molecule has 0 radical (unpaired) electrons. The predicted octanol–water partition coefficient (Wildman–Crippen LogP) is 2.22. The van der Waals surface area contributed by atoms with Crippen LogP contribution in [-0.2, 0) is 15.2 Å². The largest absolute Gasteiger partial charge is 0.488 e. The van der Waals surface area contributed by atoms with Crippen LogP contribution >= 0.6 is 0 Å². The van der Waals surface area contributed by atoms with Crippen LogP contribution in [0, 0.1) is 0 Å². The molecule has 5 nitrogen and oxygen atoms in total. The lowest BCUT2D eigenvalue weighted by atomic mass is 10.1. The molecule has 2 aromatic carbocycles. The molecule has 0 spiro atoms. The molecule has 0 aromatic heterocycles. The summed E-state index contributed by atoms with van der Waals surface area (Å²) in [6.07, 6.45) is 0. The minimum atomic E-state index is -5.17. The molecule has 2 aromatic rings. The third kappa shape index (κ3) is 3.00. The van der Waals surface area contributed by atoms with Crippen molar-refractivity contribution in [3.05, 3.63) is 42.0 Å². The summed E-state index contributed by atoms with van der Waals surface area (Å²) in [5.74, 6) is -0.937. The molecule has 0 amide bonds. The fraction of sp³-hybridized carbons (Fsp3) is 0.0833. The van der Waals surface area contributed by atoms with Gasteiger partial charge in [-0.3, -0.25) is 0 Å². The Balaban J connectivity index is 2.68. The highest BCUT2D eigenvalue weighted by Crippen LogP contribution is 2.29. The van der Waals surface area contributed by atoms with E-state index in [4.69, 9.17) is 0 Å². The van der Waals surface area contributed by atoms with Gasteiger partial charge in [-0.1, -0.05) is 28.2 Å². The first kappa shape index (κ1) is 13.3. The van der Waals surface area contributed by atoms with Gasteiger partial charge >= 0.3 is 16.5 Å². The van der Waals surface area contributed by atoms with Crippen molar-refractivity contribution < 1.29 is 26.0 Å². The molecule has 0 saturated heterocycles. The highest BCUT2D eigenvalue weighted by molar-refractivity contribution is 7.81. The number of fused-ring (bicyclic) bond motifs is 1. The Hall–Kier alpha value is -2.15. The van der Waals surface area contributed by atoms with Crippen LogP contribution in [0.2, 0.25) is 0 Å². The van der Waals surface area contributed by atoms with Crippen LogP contribution in [-0.4, -0.2) is 21.5 Å². The van der Waals surface area contributed by atoms with Crippen LogP contribution in [0.1, 0.15) is 10.4 Å². The molecular formula is C12H9FO5S. The molecule has 19 heavy (non-hydrogen) atoms. The Morgan fingerprint density at radius 3 is 2.53 bits per heavy atom. The molecule has 7 heteroatoms. The van der Waals surface area contributed by atoms with Crippen molar-refractivity contribution in [2.75, 3.05) is 7.11 Å². The maximum absolute atomic E-state index is 12.7. The van der Waals surface area contributed by atoms with E-state index in [1.807, 2.05) is 0 Å². The average Bonchev–Trinajstić information content (AvgIpc) is 2.36. The monoisotopic (exact) mass is 284 g/mol. The summed E-state index contributed by atoms with van der Waals surface area (Å²) in [6, 6.07) is 9.13. The fourth-order valence-electron chi connectivity index (χ4n) is 1.69. The number of carbonyl (C=O) groups is 1. The van der Waals surface area contributed by atoms with Gasteiger partial charge in [-0.05, 0) is 17.5 Å². The smallest absolute Gasteiger partial charge is 0.465 e. The van der Waals surface area contributed by atoms with E-state index in [-0.39, 0.29) is 11.3 Å². The molecule has 0 unspecified atom stereocenters. The van der Waals surface area contributed by atoms with Crippen LogP contribution in [0.5, 0.6) is 5.75 Å². The quantitative estimate of drug-likeness (QED) is 0.638. The van der Waals surface area contributed by atoms with Crippen molar-refractivity contribution >= 4 is 27.2 Å². The molecule has 0 N–H and O–H groups in total. The van der Waals surface area contributed by atoms with Crippen LogP contribution in [0.15, 0.2) is 36.4 Å². The van der Waals surface area contributed by atoms with Crippen molar-refractivity contribution in [1.82, 2.24) is 0 Å². The predicted molar refractivity (Wildman–Crippen MR) is 65.9 cm³/mol. The van der Waals surface area contributed by atoms with E-state index in [9.17, 15) is 17.1 Å². The normalized spacial score (nSPS) is 11.3. The summed E-state index contributed by atoms with van der Waals surface area (Å²) in [5.41, 5.74) is 0.0693. The third-order valence-electron chi connectivity index (χ3n) is 2.43. The Labute approximate surface area is 109 Å². The summed E-state index contributed by atoms with van der Waals surface area (Å²) < 4.78 is 42.6. The highest BCUT2D eigenvalue weighted by atomic mass is 32.3. The number of hydrogen-bond acceptors (Lipinski definition) is 5. The van der Waals surface area contributed by atoms with E-state index < -0.39 is 16.5 Å². The number of halogens is 1. The van der Waals surface area contributed by atoms with Gasteiger partial charge in [0.15, 0.2) is 5.75 Å². The lowest BCUT2D eigenvalue weighted by Gasteiger charge is -2.07. The van der Waals surface area contributed by atoms with Gasteiger partial charge in [0.1, 0.15) is 0 Å². The number of carbonyl (C=O) groups excluding carboxylic acids is 1. The molecule has 0 saturated carbocycles. The second-order valence-electron chi connectivity index (χ2n) is 3.66. The summed E-state index contributed by atoms with van der Waals surface area (Å²) in [7, 11) is -3.99. The number of benzene rings is 2. The zero-order valence-corrected chi connectivity index (χ0v) is 10.6. The number of rotatable bonds is 3. The number of methoxy groups -OCH3 is 1. The summed E-state index contributed by atoms with van der Waals surface area (Å²) in [5, 5.41) is 0.903. The van der Waals surface area contributed by atoms with Crippen molar-refractivity contribution in [3.8, 4) is 5.75 Å². The first-order valence-corrected chi connectivity index (χ1v) is 6.47. The van der Waals surface area contributed by atoms with Gasteiger partial charge in [-0.15, -0.1) is 0 Å².